The van der Waals surface area contributed by atoms with Gasteiger partial charge in [0.1, 0.15) is 0 Å². The van der Waals surface area contributed by atoms with E-state index in [1.54, 1.807) is 0 Å². The van der Waals surface area contributed by atoms with Crippen LogP contribution in [0.15, 0.2) is 0 Å². The van der Waals surface area contributed by atoms with E-state index < -0.39 is 8.60 Å². The molecule has 0 aliphatic heterocycles. The SMILES string of the molecule is O[PH+](O)O.[O]=[Zn].[Zn]. The predicted octanol–water partition coefficient (Wildman–Crippen LogP) is -1.20. The molecule has 0 heterocycles. The van der Waals surface area contributed by atoms with Gasteiger partial charge in [-0.1, -0.05) is 0 Å². The van der Waals surface area contributed by atoms with Crippen molar-refractivity contribution in [2.45, 2.75) is 0 Å². The first kappa shape index (κ1) is 15.8. The molecular formula is H4O4PZn2+. The Morgan fingerprint density at radius 2 is 1.14 bits per heavy atom. The zero-order valence-electron chi connectivity index (χ0n) is 3.66. The van der Waals surface area contributed by atoms with Crippen molar-refractivity contribution in [2.75, 3.05) is 0 Å². The van der Waals surface area contributed by atoms with Crippen molar-refractivity contribution in [3.8, 4) is 0 Å². The van der Waals surface area contributed by atoms with E-state index in [-0.39, 0.29) is 37.7 Å². The van der Waals surface area contributed by atoms with Crippen LogP contribution in [0.5, 0.6) is 0 Å². The first-order chi connectivity index (χ1) is 2.73. The van der Waals surface area contributed by atoms with Crippen molar-refractivity contribution in [1.29, 1.82) is 0 Å². The van der Waals surface area contributed by atoms with Crippen LogP contribution in [-0.4, -0.2) is 14.7 Å². The van der Waals surface area contributed by atoms with Crippen molar-refractivity contribution < 1.29 is 56.0 Å². The largest absolute Gasteiger partial charge is 0 e. The van der Waals surface area contributed by atoms with Crippen LogP contribution in [0.4, 0.5) is 0 Å². The molecule has 0 saturated carbocycles. The molecule has 0 spiro atoms. The van der Waals surface area contributed by atoms with Crippen molar-refractivity contribution in [3.63, 3.8) is 0 Å². The molecule has 7 heavy (non-hydrogen) atoms. The molecule has 0 aliphatic carbocycles. The molecule has 4 nitrogen and oxygen atoms in total. The molecule has 0 atom stereocenters. The molecule has 0 aromatic heterocycles. The first-order valence-electron chi connectivity index (χ1n) is 0.959. The third-order valence-corrected chi connectivity index (χ3v) is 0. The van der Waals surface area contributed by atoms with Gasteiger partial charge in [0.2, 0.25) is 0 Å². The van der Waals surface area contributed by atoms with Crippen LogP contribution in [0.25, 0.3) is 0 Å². The second kappa shape index (κ2) is 15.7. The van der Waals surface area contributed by atoms with Crippen LogP contribution in [0.1, 0.15) is 0 Å². The smallest absolute Gasteiger partial charge is 0 e. The fourth-order valence-electron chi connectivity index (χ4n) is 0. The van der Waals surface area contributed by atoms with E-state index in [1.165, 1.54) is 0 Å². The third-order valence-electron chi connectivity index (χ3n) is 0. The Kier molecular flexibility index (Phi) is 35.3. The maximum absolute atomic E-state index is 8.38. The molecule has 36 valence electrons. The summed E-state index contributed by atoms with van der Waals surface area (Å²) in [5.74, 6) is 0. The quantitative estimate of drug-likeness (QED) is 0.360. The molecule has 0 aromatic carbocycles. The predicted molar refractivity (Wildman–Crippen MR) is 15.7 cm³/mol. The fourth-order valence-corrected chi connectivity index (χ4v) is 0. The minimum Gasteiger partial charge on any atom is 0 e. The van der Waals surface area contributed by atoms with E-state index in [1.807, 2.05) is 0 Å². The van der Waals surface area contributed by atoms with Gasteiger partial charge in [0.15, 0.2) is 0 Å². The summed E-state index contributed by atoms with van der Waals surface area (Å²) in [4.78, 5) is 21.8. The standard InChI is InChI=1S/H4O3P.O.2Zn/c1-4(2)3;;;/h1-4H;;;/q+1;;;. The summed E-state index contributed by atoms with van der Waals surface area (Å²) in [5, 5.41) is 0. The van der Waals surface area contributed by atoms with Crippen LogP contribution in [0.2, 0.25) is 0 Å². The first-order valence-corrected chi connectivity index (χ1v) is 3.51. The zero-order chi connectivity index (χ0) is 5.58. The summed E-state index contributed by atoms with van der Waals surface area (Å²) < 4.78 is 8.38. The van der Waals surface area contributed by atoms with Crippen LogP contribution in [0, 0.1) is 0 Å². The van der Waals surface area contributed by atoms with Gasteiger partial charge in [0, 0.05) is 19.5 Å². The van der Waals surface area contributed by atoms with Crippen LogP contribution >= 0.6 is 8.60 Å². The second-order valence-electron chi connectivity index (χ2n) is 0.300. The molecule has 0 radical (unpaired) electrons. The fraction of sp³-hybridized carbons (Fsp3) is 0. The Hall–Kier alpha value is 1.36. The summed E-state index contributed by atoms with van der Waals surface area (Å²) in [5.41, 5.74) is 0. The summed E-state index contributed by atoms with van der Waals surface area (Å²) in [6, 6.07) is 0. The maximum Gasteiger partial charge on any atom is 0 e. The number of hydrogen-bond donors (Lipinski definition) is 3. The van der Waals surface area contributed by atoms with Gasteiger partial charge in [-0.25, -0.2) is 0 Å². The average molecular weight is 230 g/mol. The van der Waals surface area contributed by atoms with Crippen molar-refractivity contribution >= 4 is 8.60 Å². The zero-order valence-corrected chi connectivity index (χ0v) is 10.6. The molecular weight excluding hydrogens is 226 g/mol. The van der Waals surface area contributed by atoms with Gasteiger partial charge in [-0.05, 0) is 0 Å². The Balaban J connectivity index is -0.0000000480. The summed E-state index contributed by atoms with van der Waals surface area (Å²) in [7, 11) is -2.88. The molecule has 7 heteroatoms. The minimum absolute atomic E-state index is 0. The van der Waals surface area contributed by atoms with Crippen molar-refractivity contribution in [3.05, 3.63) is 0 Å². The van der Waals surface area contributed by atoms with Crippen molar-refractivity contribution in [2.24, 2.45) is 0 Å². The Bertz CT molecular complexity index is 20.9. The normalized spacial score (nSPS) is 6.00. The minimum atomic E-state index is -2.88. The van der Waals surface area contributed by atoms with Gasteiger partial charge in [-0.3, -0.25) is 0 Å². The van der Waals surface area contributed by atoms with E-state index in [2.05, 4.69) is 0 Å². The molecule has 0 bridgehead atoms. The number of hydrogen-bond acceptors (Lipinski definition) is 4. The molecule has 3 N–H and O–H groups in total. The summed E-state index contributed by atoms with van der Waals surface area (Å²) in [6.07, 6.45) is 0. The van der Waals surface area contributed by atoms with Crippen LogP contribution < -0.4 is 0 Å². The van der Waals surface area contributed by atoms with Crippen LogP contribution in [-0.2, 0) is 41.3 Å². The van der Waals surface area contributed by atoms with Gasteiger partial charge in [0.05, 0.1) is 0 Å². The third kappa shape index (κ3) is 115. The average Bonchev–Trinajstić information content (AvgIpc) is 1.41. The van der Waals surface area contributed by atoms with E-state index in [4.69, 9.17) is 18.3 Å². The molecule has 0 amide bonds. The Labute approximate surface area is 64.6 Å². The molecule has 0 fully saturated rings. The Morgan fingerprint density at radius 1 is 1.14 bits per heavy atom. The topological polar surface area (TPSA) is 77.8 Å². The van der Waals surface area contributed by atoms with E-state index >= 15 is 0 Å². The van der Waals surface area contributed by atoms with Gasteiger partial charge in [-0.2, -0.15) is 14.7 Å². The summed E-state index contributed by atoms with van der Waals surface area (Å²) in [6.45, 7) is 0. The monoisotopic (exact) mass is 227 g/mol. The Morgan fingerprint density at radius 3 is 1.14 bits per heavy atom. The molecule has 0 unspecified atom stereocenters. The summed E-state index contributed by atoms with van der Waals surface area (Å²) >= 11 is 0.125. The van der Waals surface area contributed by atoms with Gasteiger partial charge in [-0.15, -0.1) is 0 Å². The van der Waals surface area contributed by atoms with E-state index in [9.17, 15) is 0 Å². The molecule has 0 aromatic rings. The second-order valence-corrected chi connectivity index (χ2v) is 0.900. The van der Waals surface area contributed by atoms with Gasteiger partial charge < -0.3 is 0 Å². The van der Waals surface area contributed by atoms with Crippen LogP contribution in [0.3, 0.4) is 0 Å². The molecule has 0 saturated heterocycles. The van der Waals surface area contributed by atoms with Crippen molar-refractivity contribution in [1.82, 2.24) is 0 Å². The van der Waals surface area contributed by atoms with E-state index in [0.29, 0.717) is 0 Å². The van der Waals surface area contributed by atoms with E-state index in [0.717, 1.165) is 0 Å². The molecule has 0 rings (SSSR count). The maximum atomic E-state index is 8.38. The number of rotatable bonds is 0. The van der Waals surface area contributed by atoms with Gasteiger partial charge >= 0.3 is 30.4 Å². The molecule has 0 aliphatic rings. The van der Waals surface area contributed by atoms with Gasteiger partial charge in [0.25, 0.3) is 0 Å².